The highest BCUT2D eigenvalue weighted by Crippen LogP contribution is 2.56. The fourth-order valence-electron chi connectivity index (χ4n) is 9.77. The molecule has 0 atom stereocenters. The lowest BCUT2D eigenvalue weighted by molar-refractivity contribution is -0.384. The van der Waals surface area contributed by atoms with Gasteiger partial charge in [0.25, 0.3) is 5.69 Å². The van der Waals surface area contributed by atoms with Crippen molar-refractivity contribution in [2.75, 3.05) is 5.73 Å². The van der Waals surface area contributed by atoms with Crippen LogP contribution < -0.4 is 5.73 Å². The Bertz CT molecular complexity index is 1770. The van der Waals surface area contributed by atoms with Crippen LogP contribution >= 0.6 is 0 Å². The number of non-ortho nitro benzene ring substituents is 1. The predicted molar refractivity (Wildman–Crippen MR) is 238 cm³/mol. The van der Waals surface area contributed by atoms with E-state index in [0.717, 1.165) is 18.5 Å². The number of benzene rings is 4. The normalized spacial score (nSPS) is 13.8. The lowest BCUT2D eigenvalue weighted by atomic mass is 9.70. The van der Waals surface area contributed by atoms with E-state index in [1.165, 1.54) is 155 Å². The second-order valence-corrected chi connectivity index (χ2v) is 16.3. The van der Waals surface area contributed by atoms with Crippen molar-refractivity contribution in [3.05, 3.63) is 117 Å². The summed E-state index contributed by atoms with van der Waals surface area (Å²) in [6.45, 7) is 9.07. The molecule has 0 bridgehead atoms. The highest BCUT2D eigenvalue weighted by Gasteiger charge is 2.43. The van der Waals surface area contributed by atoms with Crippen LogP contribution in [0.4, 0.5) is 11.4 Å². The van der Waals surface area contributed by atoms with Crippen LogP contribution in [0.15, 0.2) is 84.9 Å². The van der Waals surface area contributed by atoms with Crippen molar-refractivity contribution in [1.82, 2.24) is 0 Å². The highest BCUT2D eigenvalue weighted by molar-refractivity contribution is 5.83. The molecule has 55 heavy (non-hydrogen) atoms. The zero-order chi connectivity index (χ0) is 38.4. The van der Waals surface area contributed by atoms with Gasteiger partial charge < -0.3 is 5.73 Å². The third kappa shape index (κ3) is 9.91. The molecule has 4 heteroatoms. The minimum Gasteiger partial charge on any atom is -0.399 e. The molecule has 2 N–H and O–H groups in total. The molecular formula is C51H72N2O2. The molecule has 2 aliphatic carbocycles. The van der Waals surface area contributed by atoms with Gasteiger partial charge in [-0.25, -0.2) is 0 Å². The maximum atomic E-state index is 11.5. The number of nitrogen functional groups attached to an aromatic ring is 1. The van der Waals surface area contributed by atoms with E-state index in [-0.39, 0.29) is 28.9 Å². The zero-order valence-corrected chi connectivity index (χ0v) is 34.1. The van der Waals surface area contributed by atoms with Crippen molar-refractivity contribution in [2.45, 2.75) is 174 Å². The summed E-state index contributed by atoms with van der Waals surface area (Å²) in [6, 6.07) is 29.9. The number of nitro groups is 1. The fourth-order valence-corrected chi connectivity index (χ4v) is 9.77. The molecule has 6 rings (SSSR count). The molecule has 0 radical (unpaired) electrons. The molecule has 0 saturated heterocycles. The molecule has 2 aliphatic rings. The average molecular weight is 745 g/mol. The topological polar surface area (TPSA) is 69.2 Å². The maximum absolute atomic E-state index is 11.5. The minimum absolute atomic E-state index is 0. The molecule has 0 aromatic heterocycles. The number of hydrogen-bond acceptors (Lipinski definition) is 3. The Hall–Kier alpha value is -3.92. The summed E-state index contributed by atoms with van der Waals surface area (Å²) < 4.78 is 0. The van der Waals surface area contributed by atoms with Crippen molar-refractivity contribution in [2.24, 2.45) is 0 Å². The lowest BCUT2D eigenvalue weighted by Gasteiger charge is -2.33. The third-order valence-electron chi connectivity index (χ3n) is 12.6. The molecule has 298 valence electrons. The molecule has 0 fully saturated rings. The van der Waals surface area contributed by atoms with E-state index in [1.807, 2.05) is 12.1 Å². The number of nitro benzene ring substituents is 1. The summed E-state index contributed by atoms with van der Waals surface area (Å²) in [4.78, 5) is 11.2. The van der Waals surface area contributed by atoms with Crippen molar-refractivity contribution < 1.29 is 4.92 Å². The van der Waals surface area contributed by atoms with E-state index in [0.29, 0.717) is 0 Å². The van der Waals surface area contributed by atoms with Crippen LogP contribution in [-0.4, -0.2) is 4.92 Å². The first-order valence-corrected chi connectivity index (χ1v) is 21.8. The second kappa shape index (κ2) is 21.4. The van der Waals surface area contributed by atoms with Crippen molar-refractivity contribution in [3.63, 3.8) is 0 Å². The van der Waals surface area contributed by atoms with Gasteiger partial charge in [0, 0.05) is 28.7 Å². The van der Waals surface area contributed by atoms with E-state index < -0.39 is 0 Å². The Morgan fingerprint density at radius 3 is 1.24 bits per heavy atom. The van der Waals surface area contributed by atoms with Gasteiger partial charge in [-0.15, -0.1) is 0 Å². The molecule has 0 spiro atoms. The number of hydrogen-bond donors (Lipinski definition) is 1. The van der Waals surface area contributed by atoms with Crippen molar-refractivity contribution in [3.8, 4) is 22.3 Å². The number of fused-ring (bicyclic) bond motifs is 6. The molecule has 0 heterocycles. The Morgan fingerprint density at radius 1 is 0.473 bits per heavy atom. The van der Waals surface area contributed by atoms with E-state index in [1.54, 1.807) is 11.6 Å². The van der Waals surface area contributed by atoms with Crippen LogP contribution in [0, 0.1) is 10.1 Å². The van der Waals surface area contributed by atoms with Crippen LogP contribution in [0.3, 0.4) is 0 Å². The predicted octanol–water partition coefficient (Wildman–Crippen LogP) is 15.9. The SMILES string of the molecule is C.CCCCCCC1(CCCCCC)c2ccccc2-c2ccc(N)cc21.CCCCCCC1(CCCCCC)c2ccccc2-c2ccc([N+](=O)[O-])cc21. The van der Waals surface area contributed by atoms with Gasteiger partial charge in [0.05, 0.1) is 4.92 Å². The fraction of sp³-hybridized carbons (Fsp3) is 0.529. The summed E-state index contributed by atoms with van der Waals surface area (Å²) in [7, 11) is 0. The summed E-state index contributed by atoms with van der Waals surface area (Å²) in [6.07, 6.45) is 25.1. The molecular weight excluding hydrogens is 673 g/mol. The quantitative estimate of drug-likeness (QED) is 0.0400. The molecule has 0 amide bonds. The Balaban J connectivity index is 0.000000241. The van der Waals surface area contributed by atoms with Crippen molar-refractivity contribution in [1.29, 1.82) is 0 Å². The largest absolute Gasteiger partial charge is 0.399 e. The number of unbranched alkanes of at least 4 members (excludes halogenated alkanes) is 12. The van der Waals surface area contributed by atoms with Crippen LogP contribution in [-0.2, 0) is 10.8 Å². The summed E-state index contributed by atoms with van der Waals surface area (Å²) >= 11 is 0. The number of rotatable bonds is 21. The van der Waals surface area contributed by atoms with Crippen molar-refractivity contribution >= 4 is 11.4 Å². The number of nitrogens with two attached hydrogens (primary N) is 1. The van der Waals surface area contributed by atoms with Gasteiger partial charge in [-0.3, -0.25) is 10.1 Å². The first-order chi connectivity index (χ1) is 26.4. The smallest absolute Gasteiger partial charge is 0.269 e. The summed E-state index contributed by atoms with van der Waals surface area (Å²) in [5.74, 6) is 0. The monoisotopic (exact) mass is 745 g/mol. The molecule has 4 nitrogen and oxygen atoms in total. The number of nitrogens with zero attached hydrogens (tertiary/aromatic N) is 1. The van der Waals surface area contributed by atoms with Gasteiger partial charge in [0.15, 0.2) is 0 Å². The van der Waals surface area contributed by atoms with Crippen LogP contribution in [0.5, 0.6) is 0 Å². The molecule has 4 aromatic rings. The van der Waals surface area contributed by atoms with E-state index >= 15 is 0 Å². The maximum Gasteiger partial charge on any atom is 0.269 e. The van der Waals surface area contributed by atoms with Crippen LogP contribution in [0.2, 0.25) is 0 Å². The molecule has 0 aliphatic heterocycles. The first kappa shape index (κ1) is 43.8. The molecule has 0 saturated carbocycles. The summed E-state index contributed by atoms with van der Waals surface area (Å²) in [5.41, 5.74) is 18.4. The van der Waals surface area contributed by atoms with E-state index in [2.05, 4.69) is 94.4 Å². The first-order valence-electron chi connectivity index (χ1n) is 21.8. The minimum atomic E-state index is -0.248. The second-order valence-electron chi connectivity index (χ2n) is 16.3. The summed E-state index contributed by atoms with van der Waals surface area (Å²) in [5, 5.41) is 11.5. The Kier molecular flexibility index (Phi) is 17.0. The lowest BCUT2D eigenvalue weighted by Crippen LogP contribution is -2.25. The molecule has 4 aromatic carbocycles. The van der Waals surface area contributed by atoms with E-state index in [9.17, 15) is 10.1 Å². The number of anilines is 1. The van der Waals surface area contributed by atoms with Gasteiger partial charge in [-0.2, -0.15) is 0 Å². The highest BCUT2D eigenvalue weighted by atomic mass is 16.6. The average Bonchev–Trinajstić information content (AvgIpc) is 3.62. The van der Waals surface area contributed by atoms with Crippen LogP contribution in [0.1, 0.15) is 186 Å². The molecule has 0 unspecified atom stereocenters. The van der Waals surface area contributed by atoms with Gasteiger partial charge >= 0.3 is 0 Å². The third-order valence-corrected chi connectivity index (χ3v) is 12.6. The Morgan fingerprint density at radius 2 is 0.836 bits per heavy atom. The standard InChI is InChI=1S/C25H33NO2.C25H35N.CH4/c1-3-5-7-11-17-25(18-12-8-6-4-2)23-14-10-9-13-21(23)22-16-15-20(26(27)28)19-24(22)25;1-3-5-7-11-17-25(18-12-8-6-4-2)23-14-10-9-13-21(23)22-16-15-20(26)19-24(22)25;/h9-10,13-16,19H,3-8,11-12,17-18H2,1-2H3;9-10,13-16,19H,3-8,11-12,17-18,26H2,1-2H3;1H4. The van der Waals surface area contributed by atoms with Gasteiger partial charge in [0.2, 0.25) is 0 Å². The zero-order valence-electron chi connectivity index (χ0n) is 34.1. The van der Waals surface area contributed by atoms with Gasteiger partial charge in [-0.1, -0.05) is 192 Å². The van der Waals surface area contributed by atoms with E-state index in [4.69, 9.17) is 5.73 Å². The van der Waals surface area contributed by atoms with Gasteiger partial charge in [-0.05, 0) is 88.4 Å². The van der Waals surface area contributed by atoms with Gasteiger partial charge in [0.1, 0.15) is 0 Å². The van der Waals surface area contributed by atoms with Crippen LogP contribution in [0.25, 0.3) is 22.3 Å². The Labute approximate surface area is 334 Å².